The Hall–Kier alpha value is -0.660. The summed E-state index contributed by atoms with van der Waals surface area (Å²) in [6.07, 6.45) is 0.932. The molecular formula is C14H26N2O4S. The van der Waals surface area contributed by atoms with Gasteiger partial charge in [0.15, 0.2) is 9.84 Å². The lowest BCUT2D eigenvalue weighted by Crippen LogP contribution is -2.55. The molecule has 0 bridgehead atoms. The Labute approximate surface area is 127 Å². The predicted octanol–water partition coefficient (Wildman–Crippen LogP) is 0.0382. The van der Waals surface area contributed by atoms with E-state index in [4.69, 9.17) is 4.74 Å². The molecule has 2 heterocycles. The Balaban J connectivity index is 1.75. The average molecular weight is 318 g/mol. The number of nitrogens with zero attached hydrogens (tertiary/aromatic N) is 1. The van der Waals surface area contributed by atoms with Crippen LogP contribution >= 0.6 is 0 Å². The molecule has 0 radical (unpaired) electrons. The molecule has 122 valence electrons. The summed E-state index contributed by atoms with van der Waals surface area (Å²) < 4.78 is 28.1. The highest BCUT2D eigenvalue weighted by Gasteiger charge is 2.31. The molecule has 0 aromatic rings. The summed E-state index contributed by atoms with van der Waals surface area (Å²) in [6, 6.07) is 0. The second-order valence-corrected chi connectivity index (χ2v) is 8.89. The van der Waals surface area contributed by atoms with Gasteiger partial charge in [-0.3, -0.25) is 9.69 Å². The molecule has 1 unspecified atom stereocenters. The number of rotatable bonds is 5. The van der Waals surface area contributed by atoms with Gasteiger partial charge in [-0.1, -0.05) is 0 Å². The molecule has 0 spiro atoms. The minimum absolute atomic E-state index is 0.0125. The van der Waals surface area contributed by atoms with Crippen molar-refractivity contribution in [3.63, 3.8) is 0 Å². The van der Waals surface area contributed by atoms with Crippen LogP contribution in [-0.2, 0) is 19.4 Å². The van der Waals surface area contributed by atoms with Crippen LogP contribution < -0.4 is 5.32 Å². The van der Waals surface area contributed by atoms with E-state index in [1.54, 1.807) is 0 Å². The van der Waals surface area contributed by atoms with E-state index in [1.807, 2.05) is 0 Å². The molecule has 1 atom stereocenters. The summed E-state index contributed by atoms with van der Waals surface area (Å²) >= 11 is 0. The van der Waals surface area contributed by atoms with Gasteiger partial charge in [0.25, 0.3) is 0 Å². The standard InChI is InChI=1S/C14H26N2O4S/c1-14(2,16-4-6-20-7-5-16)11-15-13(17)9-12-3-8-21(18,19)10-12/h12H,3-11H2,1-2H3,(H,15,17). The van der Waals surface area contributed by atoms with E-state index in [-0.39, 0.29) is 28.9 Å². The molecule has 21 heavy (non-hydrogen) atoms. The third-order valence-electron chi connectivity index (χ3n) is 4.39. The predicted molar refractivity (Wildman–Crippen MR) is 80.9 cm³/mol. The molecule has 1 amide bonds. The van der Waals surface area contributed by atoms with Crippen LogP contribution in [0.25, 0.3) is 0 Å². The van der Waals surface area contributed by atoms with Crippen molar-refractivity contribution in [2.24, 2.45) is 5.92 Å². The number of hydrogen-bond donors (Lipinski definition) is 1. The number of carbonyl (C=O) groups is 1. The van der Waals surface area contributed by atoms with Crippen molar-refractivity contribution < 1.29 is 17.9 Å². The van der Waals surface area contributed by atoms with Gasteiger partial charge in [-0.25, -0.2) is 8.42 Å². The fourth-order valence-corrected chi connectivity index (χ4v) is 4.82. The van der Waals surface area contributed by atoms with Crippen molar-refractivity contribution in [1.82, 2.24) is 10.2 Å². The number of hydrogen-bond acceptors (Lipinski definition) is 5. The zero-order valence-electron chi connectivity index (χ0n) is 12.9. The number of amides is 1. The summed E-state index contributed by atoms with van der Waals surface area (Å²) in [5, 5.41) is 2.96. The highest BCUT2D eigenvalue weighted by molar-refractivity contribution is 7.91. The van der Waals surface area contributed by atoms with Crippen molar-refractivity contribution in [3.05, 3.63) is 0 Å². The Morgan fingerprint density at radius 2 is 2.00 bits per heavy atom. The van der Waals surface area contributed by atoms with E-state index in [9.17, 15) is 13.2 Å². The second-order valence-electron chi connectivity index (χ2n) is 6.66. The van der Waals surface area contributed by atoms with Crippen LogP contribution in [0.4, 0.5) is 0 Å². The van der Waals surface area contributed by atoms with E-state index < -0.39 is 9.84 Å². The van der Waals surface area contributed by atoms with Crippen LogP contribution in [0.3, 0.4) is 0 Å². The molecule has 0 aliphatic carbocycles. The van der Waals surface area contributed by atoms with Gasteiger partial charge in [0.2, 0.25) is 5.91 Å². The van der Waals surface area contributed by atoms with Crippen LogP contribution in [0.5, 0.6) is 0 Å². The lowest BCUT2D eigenvalue weighted by Gasteiger charge is -2.40. The van der Waals surface area contributed by atoms with Gasteiger partial charge in [0.05, 0.1) is 24.7 Å². The number of carbonyl (C=O) groups excluding carboxylic acids is 1. The zero-order valence-corrected chi connectivity index (χ0v) is 13.7. The fourth-order valence-electron chi connectivity index (χ4n) is 2.96. The van der Waals surface area contributed by atoms with Crippen LogP contribution in [0.2, 0.25) is 0 Å². The third kappa shape index (κ3) is 4.93. The topological polar surface area (TPSA) is 75.7 Å². The van der Waals surface area contributed by atoms with E-state index in [0.717, 1.165) is 26.3 Å². The van der Waals surface area contributed by atoms with Gasteiger partial charge in [-0.15, -0.1) is 0 Å². The third-order valence-corrected chi connectivity index (χ3v) is 6.22. The first-order chi connectivity index (χ1) is 9.78. The maximum atomic E-state index is 12.0. The summed E-state index contributed by atoms with van der Waals surface area (Å²) in [7, 11) is -2.90. The average Bonchev–Trinajstić information content (AvgIpc) is 2.77. The number of morpholine rings is 1. The smallest absolute Gasteiger partial charge is 0.220 e. The minimum Gasteiger partial charge on any atom is -0.379 e. The molecular weight excluding hydrogens is 292 g/mol. The monoisotopic (exact) mass is 318 g/mol. The number of nitrogens with one attached hydrogen (secondary N) is 1. The molecule has 2 saturated heterocycles. The van der Waals surface area contributed by atoms with Crippen LogP contribution in [0.15, 0.2) is 0 Å². The SMILES string of the molecule is CC(C)(CNC(=O)CC1CCS(=O)(=O)C1)N1CCOCC1. The van der Waals surface area contributed by atoms with Gasteiger partial charge >= 0.3 is 0 Å². The molecule has 0 aromatic heterocycles. The van der Waals surface area contributed by atoms with Crippen molar-refractivity contribution in [3.8, 4) is 0 Å². The quantitative estimate of drug-likeness (QED) is 0.774. The van der Waals surface area contributed by atoms with Crippen LogP contribution in [0, 0.1) is 5.92 Å². The molecule has 2 rings (SSSR count). The molecule has 7 heteroatoms. The first kappa shape index (κ1) is 16.7. The Morgan fingerprint density at radius 3 is 2.57 bits per heavy atom. The van der Waals surface area contributed by atoms with Gasteiger partial charge in [-0.05, 0) is 26.2 Å². The molecule has 2 aliphatic rings. The highest BCUT2D eigenvalue weighted by atomic mass is 32.2. The molecule has 0 aromatic carbocycles. The lowest BCUT2D eigenvalue weighted by molar-refractivity contribution is -0.122. The normalized spacial score (nSPS) is 26.7. The summed E-state index contributed by atoms with van der Waals surface area (Å²) in [6.45, 7) is 8.02. The van der Waals surface area contributed by atoms with Gasteiger partial charge in [0, 0.05) is 31.6 Å². The molecule has 2 aliphatic heterocycles. The Bertz CT molecular complexity index is 469. The number of sulfone groups is 1. The maximum absolute atomic E-state index is 12.0. The minimum atomic E-state index is -2.90. The van der Waals surface area contributed by atoms with Crippen molar-refractivity contribution in [2.45, 2.75) is 32.2 Å². The van der Waals surface area contributed by atoms with E-state index in [2.05, 4.69) is 24.1 Å². The van der Waals surface area contributed by atoms with E-state index in [0.29, 0.717) is 19.4 Å². The van der Waals surface area contributed by atoms with Gasteiger partial charge < -0.3 is 10.1 Å². The van der Waals surface area contributed by atoms with Gasteiger partial charge in [0.1, 0.15) is 0 Å². The zero-order chi connectivity index (χ0) is 15.5. The van der Waals surface area contributed by atoms with E-state index >= 15 is 0 Å². The second kappa shape index (κ2) is 6.62. The van der Waals surface area contributed by atoms with Crippen molar-refractivity contribution in [2.75, 3.05) is 44.4 Å². The van der Waals surface area contributed by atoms with E-state index in [1.165, 1.54) is 0 Å². The largest absolute Gasteiger partial charge is 0.379 e. The first-order valence-electron chi connectivity index (χ1n) is 7.58. The first-order valence-corrected chi connectivity index (χ1v) is 9.40. The Kier molecular flexibility index (Phi) is 5.27. The van der Waals surface area contributed by atoms with Crippen molar-refractivity contribution in [1.29, 1.82) is 0 Å². The molecule has 0 saturated carbocycles. The molecule has 1 N–H and O–H groups in total. The van der Waals surface area contributed by atoms with Crippen LogP contribution in [-0.4, -0.2) is 69.1 Å². The maximum Gasteiger partial charge on any atom is 0.220 e. The fraction of sp³-hybridized carbons (Fsp3) is 0.929. The summed E-state index contributed by atoms with van der Waals surface area (Å²) in [4.78, 5) is 14.3. The molecule has 2 fully saturated rings. The molecule has 6 nitrogen and oxygen atoms in total. The van der Waals surface area contributed by atoms with Crippen molar-refractivity contribution >= 4 is 15.7 Å². The Morgan fingerprint density at radius 1 is 1.33 bits per heavy atom. The lowest BCUT2D eigenvalue weighted by atomic mass is 10.0. The summed E-state index contributed by atoms with van der Waals surface area (Å²) in [5.41, 5.74) is -0.110. The number of ether oxygens (including phenoxy) is 1. The summed E-state index contributed by atoms with van der Waals surface area (Å²) in [5.74, 6) is 0.331. The van der Waals surface area contributed by atoms with Crippen LogP contribution in [0.1, 0.15) is 26.7 Å². The van der Waals surface area contributed by atoms with Gasteiger partial charge in [-0.2, -0.15) is 0 Å². The highest BCUT2D eigenvalue weighted by Crippen LogP contribution is 2.21.